The van der Waals surface area contributed by atoms with Crippen LogP contribution in [0.1, 0.15) is 6.92 Å². The molecule has 0 aliphatic heterocycles. The number of methoxy groups -OCH3 is 1. The Balaban J connectivity index is 2.80. The highest BCUT2D eigenvalue weighted by atomic mass is 16.6. The van der Waals surface area contributed by atoms with Crippen LogP contribution in [0.4, 0.5) is 0 Å². The van der Waals surface area contributed by atoms with Gasteiger partial charge >= 0.3 is 5.97 Å². The van der Waals surface area contributed by atoms with Crippen molar-refractivity contribution in [2.45, 2.75) is 6.92 Å². The molecule has 1 rings (SSSR count). The lowest BCUT2D eigenvalue weighted by Gasteiger charge is -2.06. The van der Waals surface area contributed by atoms with Crippen molar-refractivity contribution in [3.05, 3.63) is 36.4 Å². The van der Waals surface area contributed by atoms with Crippen LogP contribution in [0.25, 0.3) is 0 Å². The standard InChI is InChI=1S/C11H12O3/c1-3-6-11(12)14-10-8-5-4-7-9(10)13-2/h3-8H,1-2H3/b6-3+. The first-order valence-electron chi connectivity index (χ1n) is 4.25. The lowest BCUT2D eigenvalue weighted by Crippen LogP contribution is -2.04. The van der Waals surface area contributed by atoms with Crippen molar-refractivity contribution in [1.82, 2.24) is 0 Å². The highest BCUT2D eigenvalue weighted by Crippen LogP contribution is 2.25. The van der Waals surface area contributed by atoms with Crippen LogP contribution < -0.4 is 9.47 Å². The molecule has 0 unspecified atom stereocenters. The summed E-state index contributed by atoms with van der Waals surface area (Å²) in [4.78, 5) is 11.1. The van der Waals surface area contributed by atoms with Gasteiger partial charge in [0.2, 0.25) is 0 Å². The number of carbonyl (C=O) groups excluding carboxylic acids is 1. The first-order valence-corrected chi connectivity index (χ1v) is 4.25. The normalized spacial score (nSPS) is 10.1. The maximum Gasteiger partial charge on any atom is 0.335 e. The van der Waals surface area contributed by atoms with E-state index in [0.29, 0.717) is 11.5 Å². The number of hydrogen-bond acceptors (Lipinski definition) is 3. The topological polar surface area (TPSA) is 35.5 Å². The molecule has 0 amide bonds. The van der Waals surface area contributed by atoms with Gasteiger partial charge in [0.25, 0.3) is 0 Å². The smallest absolute Gasteiger partial charge is 0.335 e. The van der Waals surface area contributed by atoms with E-state index in [9.17, 15) is 4.79 Å². The molecule has 3 heteroatoms. The van der Waals surface area contributed by atoms with Crippen molar-refractivity contribution >= 4 is 5.97 Å². The Labute approximate surface area is 83.0 Å². The van der Waals surface area contributed by atoms with Gasteiger partial charge in [0, 0.05) is 6.08 Å². The molecule has 0 N–H and O–H groups in total. The van der Waals surface area contributed by atoms with Crippen LogP contribution >= 0.6 is 0 Å². The molecule has 0 aromatic heterocycles. The van der Waals surface area contributed by atoms with Crippen LogP contribution in [0.3, 0.4) is 0 Å². The number of para-hydroxylation sites is 2. The highest BCUT2D eigenvalue weighted by Gasteiger charge is 2.05. The summed E-state index contributed by atoms with van der Waals surface area (Å²) < 4.78 is 10.0. The molecule has 0 aliphatic carbocycles. The first-order chi connectivity index (χ1) is 6.77. The summed E-state index contributed by atoms with van der Waals surface area (Å²) in [6.45, 7) is 1.75. The minimum atomic E-state index is -0.406. The van der Waals surface area contributed by atoms with Crippen LogP contribution in [0.2, 0.25) is 0 Å². The Hall–Kier alpha value is -1.77. The van der Waals surface area contributed by atoms with E-state index in [2.05, 4.69) is 0 Å². The lowest BCUT2D eigenvalue weighted by molar-refractivity contribution is -0.129. The quantitative estimate of drug-likeness (QED) is 0.418. The van der Waals surface area contributed by atoms with Crippen LogP contribution in [0.15, 0.2) is 36.4 Å². The molecular formula is C11H12O3. The second-order valence-corrected chi connectivity index (χ2v) is 2.57. The number of allylic oxidation sites excluding steroid dienone is 1. The van der Waals surface area contributed by atoms with Crippen LogP contribution in [0.5, 0.6) is 11.5 Å². The highest BCUT2D eigenvalue weighted by molar-refractivity contribution is 5.84. The third-order valence-corrected chi connectivity index (χ3v) is 1.58. The monoisotopic (exact) mass is 192 g/mol. The summed E-state index contributed by atoms with van der Waals surface area (Å²) in [5, 5.41) is 0. The zero-order chi connectivity index (χ0) is 10.4. The molecular weight excluding hydrogens is 180 g/mol. The minimum absolute atomic E-state index is 0.406. The summed E-state index contributed by atoms with van der Waals surface area (Å²) >= 11 is 0. The van der Waals surface area contributed by atoms with Gasteiger partial charge in [-0.15, -0.1) is 0 Å². The van der Waals surface area contributed by atoms with Gasteiger partial charge in [-0.05, 0) is 19.1 Å². The third-order valence-electron chi connectivity index (χ3n) is 1.58. The molecule has 1 aromatic rings. The lowest BCUT2D eigenvalue weighted by atomic mass is 10.3. The van der Waals surface area contributed by atoms with Gasteiger partial charge in [-0.1, -0.05) is 18.2 Å². The molecule has 0 saturated carbocycles. The van der Waals surface area contributed by atoms with Gasteiger partial charge in [-0.25, -0.2) is 4.79 Å². The molecule has 14 heavy (non-hydrogen) atoms. The molecule has 1 aromatic carbocycles. The van der Waals surface area contributed by atoms with Crippen LogP contribution in [-0.4, -0.2) is 13.1 Å². The van der Waals surface area contributed by atoms with Crippen molar-refractivity contribution in [3.8, 4) is 11.5 Å². The van der Waals surface area contributed by atoms with Gasteiger partial charge < -0.3 is 9.47 Å². The van der Waals surface area contributed by atoms with Crippen LogP contribution in [-0.2, 0) is 4.79 Å². The number of benzene rings is 1. The number of hydrogen-bond donors (Lipinski definition) is 0. The zero-order valence-electron chi connectivity index (χ0n) is 8.19. The fourth-order valence-electron chi connectivity index (χ4n) is 0.982. The maximum atomic E-state index is 11.1. The molecule has 74 valence electrons. The zero-order valence-corrected chi connectivity index (χ0v) is 8.19. The molecule has 0 spiro atoms. The largest absolute Gasteiger partial charge is 0.493 e. The van der Waals surface area contributed by atoms with E-state index in [1.165, 1.54) is 13.2 Å². The minimum Gasteiger partial charge on any atom is -0.493 e. The van der Waals surface area contributed by atoms with Crippen molar-refractivity contribution < 1.29 is 14.3 Å². The predicted octanol–water partition coefficient (Wildman–Crippen LogP) is 2.18. The second-order valence-electron chi connectivity index (χ2n) is 2.57. The first kappa shape index (κ1) is 10.3. The van der Waals surface area contributed by atoms with Gasteiger partial charge in [0.05, 0.1) is 7.11 Å². The summed E-state index contributed by atoms with van der Waals surface area (Å²) in [6, 6.07) is 7.01. The van der Waals surface area contributed by atoms with E-state index in [1.807, 2.05) is 6.07 Å². The fraction of sp³-hybridized carbons (Fsp3) is 0.182. The van der Waals surface area contributed by atoms with E-state index < -0.39 is 5.97 Å². The summed E-state index contributed by atoms with van der Waals surface area (Å²) in [5.41, 5.74) is 0. The van der Waals surface area contributed by atoms with E-state index in [4.69, 9.17) is 9.47 Å². The third kappa shape index (κ3) is 2.62. The molecule has 0 saturated heterocycles. The summed E-state index contributed by atoms with van der Waals surface area (Å²) in [7, 11) is 1.53. The maximum absolute atomic E-state index is 11.1. The SMILES string of the molecule is C/C=C/C(=O)Oc1ccccc1OC. The number of ether oxygens (including phenoxy) is 2. The predicted molar refractivity (Wildman–Crippen MR) is 53.4 cm³/mol. The van der Waals surface area contributed by atoms with Crippen molar-refractivity contribution in [2.24, 2.45) is 0 Å². The molecule has 3 nitrogen and oxygen atoms in total. The van der Waals surface area contributed by atoms with Gasteiger partial charge in [0.1, 0.15) is 0 Å². The average molecular weight is 192 g/mol. The van der Waals surface area contributed by atoms with Crippen molar-refractivity contribution in [3.63, 3.8) is 0 Å². The van der Waals surface area contributed by atoms with E-state index >= 15 is 0 Å². The molecule has 0 fully saturated rings. The molecule has 0 radical (unpaired) electrons. The Kier molecular flexibility index (Phi) is 3.73. The molecule has 0 aliphatic rings. The molecule has 0 atom stereocenters. The van der Waals surface area contributed by atoms with E-state index in [1.54, 1.807) is 31.2 Å². The average Bonchev–Trinajstić information content (AvgIpc) is 2.19. The number of esters is 1. The van der Waals surface area contributed by atoms with Gasteiger partial charge in [-0.3, -0.25) is 0 Å². The Morgan fingerprint density at radius 2 is 1.93 bits per heavy atom. The van der Waals surface area contributed by atoms with E-state index in [0.717, 1.165) is 0 Å². The Morgan fingerprint density at radius 1 is 1.29 bits per heavy atom. The van der Waals surface area contributed by atoms with Crippen molar-refractivity contribution in [1.29, 1.82) is 0 Å². The number of rotatable bonds is 3. The van der Waals surface area contributed by atoms with Gasteiger partial charge in [0.15, 0.2) is 11.5 Å². The summed E-state index contributed by atoms with van der Waals surface area (Å²) in [5.74, 6) is 0.570. The second kappa shape index (κ2) is 5.07. The summed E-state index contributed by atoms with van der Waals surface area (Å²) in [6.07, 6.45) is 2.98. The van der Waals surface area contributed by atoms with Crippen LogP contribution in [0, 0.1) is 0 Å². The number of carbonyl (C=O) groups is 1. The fourth-order valence-corrected chi connectivity index (χ4v) is 0.982. The molecule has 0 heterocycles. The Bertz CT molecular complexity index is 342. The van der Waals surface area contributed by atoms with E-state index in [-0.39, 0.29) is 0 Å². The molecule has 0 bridgehead atoms. The van der Waals surface area contributed by atoms with Gasteiger partial charge in [-0.2, -0.15) is 0 Å². The van der Waals surface area contributed by atoms with Crippen molar-refractivity contribution in [2.75, 3.05) is 7.11 Å². The Morgan fingerprint density at radius 3 is 2.50 bits per heavy atom.